The number of hydrogen-bond donors (Lipinski definition) is 1. The van der Waals surface area contributed by atoms with E-state index in [1.54, 1.807) is 12.1 Å². The van der Waals surface area contributed by atoms with Gasteiger partial charge in [-0.3, -0.25) is 4.79 Å². The summed E-state index contributed by atoms with van der Waals surface area (Å²) in [5, 5.41) is 14.3. The molecule has 0 spiro atoms. The number of ether oxygens (including phenoxy) is 1. The summed E-state index contributed by atoms with van der Waals surface area (Å²) in [6, 6.07) is 4.09. The van der Waals surface area contributed by atoms with Crippen LogP contribution in [-0.4, -0.2) is 24.5 Å². The first-order valence-corrected chi connectivity index (χ1v) is 9.21. The summed E-state index contributed by atoms with van der Waals surface area (Å²) in [4.78, 5) is 35.1. The molecule has 0 fully saturated rings. The smallest absolute Gasteiger partial charge is 0.339 e. The van der Waals surface area contributed by atoms with Gasteiger partial charge in [-0.2, -0.15) is 0 Å². The second kappa shape index (κ2) is 8.24. The molecule has 0 bridgehead atoms. The molecule has 1 heterocycles. The number of fused-ring (bicyclic) bond motifs is 3. The lowest BCUT2D eigenvalue weighted by Gasteiger charge is -2.19. The fourth-order valence-electron chi connectivity index (χ4n) is 3.44. The van der Waals surface area contributed by atoms with E-state index in [4.69, 9.17) is 9.15 Å². The van der Waals surface area contributed by atoms with Crippen LogP contribution in [0.5, 0.6) is 5.75 Å². The Morgan fingerprint density at radius 2 is 2.00 bits per heavy atom. The maximum absolute atomic E-state index is 12.2. The van der Waals surface area contributed by atoms with Gasteiger partial charge in [-0.25, -0.2) is 4.79 Å². The van der Waals surface area contributed by atoms with Crippen molar-refractivity contribution in [3.8, 4) is 5.75 Å². The van der Waals surface area contributed by atoms with Crippen LogP contribution in [0, 0.1) is 0 Å². The van der Waals surface area contributed by atoms with Crippen molar-refractivity contribution in [2.45, 2.75) is 51.5 Å². The Kier molecular flexibility index (Phi) is 5.78. The fraction of sp³-hybridized carbons (Fsp3) is 0.450. The van der Waals surface area contributed by atoms with Gasteiger partial charge in [0.25, 0.3) is 5.91 Å². The molecule has 2 aromatic rings. The Morgan fingerprint density at radius 3 is 2.70 bits per heavy atom. The third-order valence-corrected chi connectivity index (χ3v) is 4.76. The third kappa shape index (κ3) is 4.30. The van der Waals surface area contributed by atoms with E-state index in [9.17, 15) is 19.5 Å². The molecule has 0 unspecified atom stereocenters. The number of nitrogens with one attached hydrogen (secondary N) is 1. The van der Waals surface area contributed by atoms with E-state index in [-0.39, 0.29) is 12.2 Å². The highest BCUT2D eigenvalue weighted by Gasteiger charge is 2.18. The Bertz CT molecular complexity index is 917. The van der Waals surface area contributed by atoms with Gasteiger partial charge < -0.3 is 24.4 Å². The van der Waals surface area contributed by atoms with Crippen LogP contribution in [0.25, 0.3) is 11.0 Å². The lowest BCUT2D eigenvalue weighted by molar-refractivity contribution is -0.308. The molecule has 144 valence electrons. The molecule has 0 aliphatic heterocycles. The lowest BCUT2D eigenvalue weighted by atomic mass is 9.91. The predicted octanol–water partition coefficient (Wildman–Crippen LogP) is 1.09. The molecule has 0 saturated heterocycles. The van der Waals surface area contributed by atoms with E-state index in [0.717, 1.165) is 42.2 Å². The van der Waals surface area contributed by atoms with Crippen LogP contribution in [0.3, 0.4) is 0 Å². The number of carboxylic acids is 1. The van der Waals surface area contributed by atoms with E-state index in [1.807, 2.05) is 13.0 Å². The minimum absolute atomic E-state index is 0.292. The van der Waals surface area contributed by atoms with Crippen molar-refractivity contribution in [3.63, 3.8) is 0 Å². The summed E-state index contributed by atoms with van der Waals surface area (Å²) in [5.74, 6) is -1.50. The highest BCUT2D eigenvalue weighted by Crippen LogP contribution is 2.29. The number of amides is 1. The summed E-state index contributed by atoms with van der Waals surface area (Å²) in [7, 11) is 0. The van der Waals surface area contributed by atoms with Crippen LogP contribution in [-0.2, 0) is 22.4 Å². The SMILES string of the molecule is CCC[C@@H](NC(=O)COc1ccc2c3c(c(=O)oc2c1)CCCC3)C(=O)[O-]. The number of carboxylic acid groups (broad SMARTS) is 1. The van der Waals surface area contributed by atoms with Crippen LogP contribution < -0.4 is 20.8 Å². The second-order valence-corrected chi connectivity index (χ2v) is 6.73. The van der Waals surface area contributed by atoms with Crippen molar-refractivity contribution in [1.82, 2.24) is 5.32 Å². The largest absolute Gasteiger partial charge is 0.548 e. The van der Waals surface area contributed by atoms with Gasteiger partial charge in [-0.15, -0.1) is 0 Å². The van der Waals surface area contributed by atoms with Gasteiger partial charge in [0.2, 0.25) is 0 Å². The van der Waals surface area contributed by atoms with Gasteiger partial charge in [0.1, 0.15) is 11.3 Å². The Morgan fingerprint density at radius 1 is 1.26 bits per heavy atom. The minimum Gasteiger partial charge on any atom is -0.548 e. The number of rotatable bonds is 7. The molecular formula is C20H22NO6-. The molecule has 27 heavy (non-hydrogen) atoms. The number of benzene rings is 1. The van der Waals surface area contributed by atoms with E-state index < -0.39 is 17.9 Å². The summed E-state index contributed by atoms with van der Waals surface area (Å²) < 4.78 is 10.8. The second-order valence-electron chi connectivity index (χ2n) is 6.73. The Labute approximate surface area is 156 Å². The van der Waals surface area contributed by atoms with Crippen LogP contribution >= 0.6 is 0 Å². The standard InChI is InChI=1S/C20H23NO6/c1-2-5-16(19(23)24)21-18(22)11-26-12-8-9-14-13-6-3-4-7-15(13)20(25)27-17(14)10-12/h8-10,16H,2-7,11H2,1H3,(H,21,22)(H,23,24)/p-1/t16-/m1/s1. The Balaban J connectivity index is 1.72. The van der Waals surface area contributed by atoms with Crippen LogP contribution in [0.4, 0.5) is 0 Å². The molecular weight excluding hydrogens is 350 g/mol. The molecule has 3 rings (SSSR count). The highest BCUT2D eigenvalue weighted by molar-refractivity contribution is 5.84. The average Bonchev–Trinajstić information content (AvgIpc) is 2.66. The van der Waals surface area contributed by atoms with Crippen molar-refractivity contribution in [2.75, 3.05) is 6.61 Å². The van der Waals surface area contributed by atoms with Crippen LogP contribution in [0.15, 0.2) is 27.4 Å². The van der Waals surface area contributed by atoms with Gasteiger partial charge in [0.15, 0.2) is 6.61 Å². The zero-order valence-corrected chi connectivity index (χ0v) is 15.2. The first kappa shape index (κ1) is 18.9. The third-order valence-electron chi connectivity index (χ3n) is 4.76. The van der Waals surface area contributed by atoms with Gasteiger partial charge in [0.05, 0.1) is 12.0 Å². The first-order valence-electron chi connectivity index (χ1n) is 9.21. The minimum atomic E-state index is -1.32. The fourth-order valence-corrected chi connectivity index (χ4v) is 3.44. The molecule has 1 aromatic heterocycles. The molecule has 1 atom stereocenters. The van der Waals surface area contributed by atoms with Crippen LogP contribution in [0.1, 0.15) is 43.7 Å². The Hall–Kier alpha value is -2.83. The predicted molar refractivity (Wildman–Crippen MR) is 96.5 cm³/mol. The van der Waals surface area contributed by atoms with Gasteiger partial charge in [-0.05, 0) is 49.8 Å². The zero-order valence-electron chi connectivity index (χ0n) is 15.2. The van der Waals surface area contributed by atoms with Crippen molar-refractivity contribution in [3.05, 3.63) is 39.7 Å². The lowest BCUT2D eigenvalue weighted by Crippen LogP contribution is -2.49. The summed E-state index contributed by atoms with van der Waals surface area (Å²) in [6.45, 7) is 1.48. The van der Waals surface area contributed by atoms with Crippen molar-refractivity contribution in [1.29, 1.82) is 0 Å². The number of hydrogen-bond acceptors (Lipinski definition) is 6. The van der Waals surface area contributed by atoms with Crippen molar-refractivity contribution >= 4 is 22.8 Å². The normalized spacial score (nSPS) is 14.4. The molecule has 1 amide bonds. The molecule has 1 aromatic carbocycles. The number of carbonyl (C=O) groups excluding carboxylic acids is 2. The molecule has 7 heteroatoms. The quantitative estimate of drug-likeness (QED) is 0.729. The van der Waals surface area contributed by atoms with Gasteiger partial charge >= 0.3 is 5.63 Å². The van der Waals surface area contributed by atoms with Crippen molar-refractivity contribution in [2.24, 2.45) is 0 Å². The monoisotopic (exact) mass is 372 g/mol. The molecule has 1 aliphatic rings. The zero-order chi connectivity index (χ0) is 19.4. The first-order chi connectivity index (χ1) is 13.0. The maximum atomic E-state index is 12.2. The molecule has 0 radical (unpaired) electrons. The number of aliphatic carboxylic acids is 1. The molecule has 1 N–H and O–H groups in total. The van der Waals surface area contributed by atoms with E-state index in [1.165, 1.54) is 0 Å². The molecule has 7 nitrogen and oxygen atoms in total. The van der Waals surface area contributed by atoms with Gasteiger partial charge in [-0.1, -0.05) is 13.3 Å². The topological polar surface area (TPSA) is 109 Å². The molecule has 0 saturated carbocycles. The van der Waals surface area contributed by atoms with E-state index in [2.05, 4.69) is 5.32 Å². The highest BCUT2D eigenvalue weighted by atomic mass is 16.5. The van der Waals surface area contributed by atoms with E-state index in [0.29, 0.717) is 24.2 Å². The van der Waals surface area contributed by atoms with Crippen molar-refractivity contribution < 1.29 is 23.8 Å². The van der Waals surface area contributed by atoms with Crippen LogP contribution in [0.2, 0.25) is 0 Å². The summed E-state index contributed by atoms with van der Waals surface area (Å²) in [5.41, 5.74) is 1.90. The summed E-state index contributed by atoms with van der Waals surface area (Å²) >= 11 is 0. The molecule has 1 aliphatic carbocycles. The number of aryl methyl sites for hydroxylation is 1. The average molecular weight is 372 g/mol. The number of carbonyl (C=O) groups is 2. The van der Waals surface area contributed by atoms with Gasteiger partial charge in [0, 0.05) is 17.0 Å². The summed E-state index contributed by atoms with van der Waals surface area (Å²) in [6.07, 6.45) is 4.52. The van der Waals surface area contributed by atoms with E-state index >= 15 is 0 Å². The maximum Gasteiger partial charge on any atom is 0.339 e.